The monoisotopic (exact) mass is 1070 g/mol. The number of phenolic OH excluding ortho intramolecular Hbond substituents is 2. The van der Waals surface area contributed by atoms with Gasteiger partial charge in [0.1, 0.15) is 34.6 Å². The van der Waals surface area contributed by atoms with Crippen LogP contribution < -0.4 is 25.8 Å². The maximum absolute atomic E-state index is 13.4. The molecule has 8 aromatic rings. The summed E-state index contributed by atoms with van der Waals surface area (Å²) in [5.41, 5.74) is 10.1. The molecule has 16 nitrogen and oxygen atoms in total. The minimum atomic E-state index is -0.375. The predicted octanol–water partition coefficient (Wildman–Crippen LogP) is 11.1. The van der Waals surface area contributed by atoms with Gasteiger partial charge in [0.05, 0.1) is 44.2 Å². The minimum Gasteiger partial charge on any atom is -0.507 e. The van der Waals surface area contributed by atoms with E-state index in [1.807, 2.05) is 54.6 Å². The highest BCUT2D eigenvalue weighted by atomic mass is 19.1. The summed E-state index contributed by atoms with van der Waals surface area (Å²) in [5.74, 6) is 2.53. The molecule has 0 atom stereocenters. The number of hydrogen-bond acceptors (Lipinski definition) is 16. The number of rotatable bonds is 25. The number of nitrogens with zero attached hydrogens (tertiary/aromatic N) is 6. The van der Waals surface area contributed by atoms with Crippen LogP contribution >= 0.6 is 0 Å². The summed E-state index contributed by atoms with van der Waals surface area (Å²) in [4.78, 5) is 27.7. The Balaban J connectivity index is 0.000000239. The Hall–Kier alpha value is -8.16. The highest BCUT2D eigenvalue weighted by Crippen LogP contribution is 2.35. The zero-order chi connectivity index (χ0) is 55.5. The van der Waals surface area contributed by atoms with Crippen LogP contribution in [0.1, 0.15) is 65.2 Å². The summed E-state index contributed by atoms with van der Waals surface area (Å²) in [6, 6.07) is 36.9. The van der Waals surface area contributed by atoms with Gasteiger partial charge in [-0.3, -0.25) is 0 Å². The first-order valence-corrected chi connectivity index (χ1v) is 26.2. The Labute approximate surface area is 454 Å². The number of anilines is 2. The lowest BCUT2D eigenvalue weighted by atomic mass is 10.1. The molecule has 8 rings (SSSR count). The van der Waals surface area contributed by atoms with E-state index in [2.05, 4.69) is 39.4 Å². The summed E-state index contributed by atoms with van der Waals surface area (Å²) in [6.07, 6.45) is 8.81. The molecular formula is C60H69F2N9O7. The maximum Gasteiger partial charge on any atom is 0.167 e. The van der Waals surface area contributed by atoms with Crippen LogP contribution in [0.3, 0.4) is 0 Å². The molecule has 2 aromatic heterocycles. The summed E-state index contributed by atoms with van der Waals surface area (Å²) in [7, 11) is 0. The Bertz CT molecular complexity index is 2910. The van der Waals surface area contributed by atoms with Crippen molar-refractivity contribution in [2.45, 2.75) is 65.2 Å². The molecule has 0 amide bonds. The first kappa shape index (κ1) is 59.1. The zero-order valence-electron chi connectivity index (χ0n) is 44.1. The van der Waals surface area contributed by atoms with Crippen molar-refractivity contribution >= 4 is 11.4 Å². The lowest BCUT2D eigenvalue weighted by Crippen LogP contribution is -2.05. The fourth-order valence-corrected chi connectivity index (χ4v) is 7.60. The molecule has 0 aliphatic carbocycles. The van der Waals surface area contributed by atoms with Crippen molar-refractivity contribution in [3.63, 3.8) is 0 Å². The molecule has 0 saturated carbocycles. The number of unbranched alkanes of at least 4 members (excludes halogenated alkanes) is 6. The van der Waals surface area contributed by atoms with E-state index in [1.54, 1.807) is 48.5 Å². The van der Waals surface area contributed by atoms with E-state index in [-0.39, 0.29) is 48.8 Å². The van der Waals surface area contributed by atoms with E-state index in [9.17, 15) is 19.0 Å². The standard InChI is InChI=1S/C31H37N5O4.C27H25F2N3O2.C2H7NO/c1-2-3-4-5-20-40-26-14-15-27(28(39)21-26)31-35-29(22-6-10-24(11-7-22)32-16-18-37)34-30(36-31)23-8-12-25(13-9-23)33-17-19-38;1-2-3-4-5-16-34-22-14-15-23(24(33)17-22)27-31-25(18-6-10-20(28)11-7-18)30-26(32-27)19-8-12-21(29)13-9-19;3-1-2-4/h6-15,21,32-33,37-39H,2-5,16-20H2,1H3;6-15,17,33H,2-5,16H2,1H3;4H,1-3H2. The van der Waals surface area contributed by atoms with Gasteiger partial charge in [0, 0.05) is 65.4 Å². The van der Waals surface area contributed by atoms with E-state index >= 15 is 0 Å². The fourth-order valence-electron chi connectivity index (χ4n) is 7.60. The molecule has 2 heterocycles. The van der Waals surface area contributed by atoms with Gasteiger partial charge in [0.15, 0.2) is 34.9 Å². The lowest BCUT2D eigenvalue weighted by molar-refractivity contribution is 0.303. The third kappa shape index (κ3) is 18.3. The molecule has 9 N–H and O–H groups in total. The minimum absolute atomic E-state index is 0.0289. The summed E-state index contributed by atoms with van der Waals surface area (Å²) < 4.78 is 38.5. The second kappa shape index (κ2) is 31.8. The highest BCUT2D eigenvalue weighted by Gasteiger charge is 2.18. The normalized spacial score (nSPS) is 10.7. The quantitative estimate of drug-likeness (QED) is 0.0248. The number of nitrogens with two attached hydrogens (primary N) is 1. The van der Waals surface area contributed by atoms with E-state index in [4.69, 9.17) is 45.5 Å². The van der Waals surface area contributed by atoms with E-state index in [0.29, 0.717) is 95.7 Å². The molecule has 0 saturated heterocycles. The van der Waals surface area contributed by atoms with Crippen LogP contribution in [0.4, 0.5) is 20.2 Å². The number of benzene rings is 6. The van der Waals surface area contributed by atoms with Crippen LogP contribution in [0.5, 0.6) is 23.0 Å². The smallest absolute Gasteiger partial charge is 0.167 e. The van der Waals surface area contributed by atoms with Crippen molar-refractivity contribution < 1.29 is 43.8 Å². The molecule has 0 aliphatic heterocycles. The van der Waals surface area contributed by atoms with E-state index in [1.165, 1.54) is 49.6 Å². The third-order valence-corrected chi connectivity index (χ3v) is 11.7. The van der Waals surface area contributed by atoms with Gasteiger partial charge in [-0.2, -0.15) is 0 Å². The van der Waals surface area contributed by atoms with Crippen LogP contribution in [-0.4, -0.2) is 108 Å². The largest absolute Gasteiger partial charge is 0.507 e. The number of phenols is 2. The average Bonchev–Trinajstić information content (AvgIpc) is 3.47. The second-order valence-corrected chi connectivity index (χ2v) is 17.8. The molecule has 6 aromatic carbocycles. The van der Waals surface area contributed by atoms with Gasteiger partial charge in [-0.1, -0.05) is 52.4 Å². The number of hydrogen-bond donors (Lipinski definition) is 8. The van der Waals surface area contributed by atoms with Gasteiger partial charge in [0.2, 0.25) is 0 Å². The molecule has 0 aliphatic rings. The van der Waals surface area contributed by atoms with Crippen molar-refractivity contribution in [2.24, 2.45) is 5.73 Å². The Kier molecular flexibility index (Phi) is 24.1. The first-order chi connectivity index (χ1) is 38.0. The van der Waals surface area contributed by atoms with Crippen LogP contribution in [0.15, 0.2) is 133 Å². The van der Waals surface area contributed by atoms with Gasteiger partial charge >= 0.3 is 0 Å². The van der Waals surface area contributed by atoms with Crippen molar-refractivity contribution in [2.75, 3.05) is 63.3 Å². The van der Waals surface area contributed by atoms with Crippen molar-refractivity contribution in [1.29, 1.82) is 0 Å². The number of aliphatic hydroxyl groups is 3. The van der Waals surface area contributed by atoms with Gasteiger partial charge in [-0.15, -0.1) is 0 Å². The summed E-state index contributed by atoms with van der Waals surface area (Å²) in [5, 5.41) is 53.8. The number of nitrogens with one attached hydrogen (secondary N) is 2. The topological polar surface area (TPSA) is 247 Å². The van der Waals surface area contributed by atoms with Gasteiger partial charge < -0.3 is 51.4 Å². The van der Waals surface area contributed by atoms with Crippen molar-refractivity contribution in [1.82, 2.24) is 29.9 Å². The number of ether oxygens (including phenoxy) is 2. The number of aliphatic hydroxyl groups excluding tert-OH is 3. The fraction of sp³-hybridized carbons (Fsp3) is 0.300. The average molecular weight is 1070 g/mol. The molecule has 0 bridgehead atoms. The zero-order valence-corrected chi connectivity index (χ0v) is 44.1. The molecule has 0 unspecified atom stereocenters. The maximum atomic E-state index is 13.4. The Morgan fingerprint density at radius 3 is 1.04 bits per heavy atom. The molecule has 0 fully saturated rings. The Morgan fingerprint density at radius 1 is 0.423 bits per heavy atom. The van der Waals surface area contributed by atoms with E-state index < -0.39 is 0 Å². The summed E-state index contributed by atoms with van der Waals surface area (Å²) >= 11 is 0. The van der Waals surface area contributed by atoms with Crippen LogP contribution in [0.25, 0.3) is 68.3 Å². The molecule has 78 heavy (non-hydrogen) atoms. The SMILES string of the molecule is CCCCCCOc1ccc(-c2nc(-c3ccc(F)cc3)nc(-c3ccc(F)cc3)n2)c(O)c1.CCCCCCOc1ccc(-c2nc(-c3ccc(NCCO)cc3)nc(-c3ccc(NCCO)cc3)n2)c(O)c1.NCCO. The molecular weight excluding hydrogens is 997 g/mol. The van der Waals surface area contributed by atoms with Crippen LogP contribution in [0.2, 0.25) is 0 Å². The van der Waals surface area contributed by atoms with E-state index in [0.717, 1.165) is 54.6 Å². The van der Waals surface area contributed by atoms with Crippen molar-refractivity contribution in [3.05, 3.63) is 145 Å². The molecule has 18 heteroatoms. The van der Waals surface area contributed by atoms with Gasteiger partial charge in [0.25, 0.3) is 0 Å². The first-order valence-electron chi connectivity index (χ1n) is 26.2. The number of aromatic hydroxyl groups is 2. The molecule has 0 radical (unpaired) electrons. The van der Waals surface area contributed by atoms with Crippen LogP contribution in [0, 0.1) is 11.6 Å². The molecule has 0 spiro atoms. The predicted molar refractivity (Wildman–Crippen MR) is 302 cm³/mol. The van der Waals surface area contributed by atoms with Gasteiger partial charge in [-0.05, 0) is 134 Å². The third-order valence-electron chi connectivity index (χ3n) is 11.7. The number of aromatic nitrogens is 6. The number of halogens is 2. The lowest BCUT2D eigenvalue weighted by Gasteiger charge is -2.12. The second-order valence-electron chi connectivity index (χ2n) is 17.8. The van der Waals surface area contributed by atoms with Crippen LogP contribution in [-0.2, 0) is 0 Å². The van der Waals surface area contributed by atoms with Crippen molar-refractivity contribution in [3.8, 4) is 91.3 Å². The van der Waals surface area contributed by atoms with Gasteiger partial charge in [-0.25, -0.2) is 38.7 Å². The molecule has 410 valence electrons. The Morgan fingerprint density at radius 2 is 0.744 bits per heavy atom. The summed E-state index contributed by atoms with van der Waals surface area (Å²) in [6.45, 7) is 6.99. The highest BCUT2D eigenvalue weighted by molar-refractivity contribution is 5.73.